The minimum atomic E-state index is -4.82. The predicted octanol–water partition coefficient (Wildman–Crippen LogP) is 4.32. The van der Waals surface area contributed by atoms with E-state index in [1.165, 1.54) is 18.2 Å². The Morgan fingerprint density at radius 1 is 1.05 bits per heavy atom. The van der Waals surface area contributed by atoms with E-state index in [4.69, 9.17) is 0 Å². The maximum Gasteiger partial charge on any atom is 0.573 e. The van der Waals surface area contributed by atoms with E-state index >= 15 is 0 Å². The summed E-state index contributed by atoms with van der Waals surface area (Å²) in [7, 11) is 0. The Labute approximate surface area is 120 Å². The van der Waals surface area contributed by atoms with Gasteiger partial charge in [0.25, 0.3) is 0 Å². The molecule has 0 aliphatic rings. The van der Waals surface area contributed by atoms with Gasteiger partial charge in [0.15, 0.2) is 5.78 Å². The fourth-order valence-corrected chi connectivity index (χ4v) is 1.99. The van der Waals surface area contributed by atoms with Crippen LogP contribution in [0.5, 0.6) is 5.75 Å². The summed E-state index contributed by atoms with van der Waals surface area (Å²) in [6.07, 6.45) is -4.79. The van der Waals surface area contributed by atoms with Crippen molar-refractivity contribution in [2.45, 2.75) is 19.7 Å². The summed E-state index contributed by atoms with van der Waals surface area (Å²) in [5, 5.41) is 0. The number of ketones is 1. The van der Waals surface area contributed by atoms with E-state index < -0.39 is 17.9 Å². The summed E-state index contributed by atoms with van der Waals surface area (Å²) < 4.78 is 40.9. The zero-order chi connectivity index (χ0) is 15.5. The third-order valence-corrected chi connectivity index (χ3v) is 3.03. The first kappa shape index (κ1) is 15.1. The van der Waals surface area contributed by atoms with Crippen molar-refractivity contribution in [2.75, 3.05) is 0 Å². The second-order valence-corrected chi connectivity index (χ2v) is 4.57. The van der Waals surface area contributed by atoms with E-state index in [-0.39, 0.29) is 12.0 Å². The normalized spacial score (nSPS) is 11.2. The molecule has 21 heavy (non-hydrogen) atoms. The molecule has 0 unspecified atom stereocenters. The van der Waals surface area contributed by atoms with Crippen molar-refractivity contribution in [2.24, 2.45) is 0 Å². The molecule has 0 atom stereocenters. The SMILES string of the molecule is Cc1ccccc1CC(=O)c1ccccc1OC(F)(F)F. The average Bonchev–Trinajstić information content (AvgIpc) is 2.40. The van der Waals surface area contributed by atoms with Crippen LogP contribution in [-0.4, -0.2) is 12.1 Å². The van der Waals surface area contributed by atoms with Crippen LogP contribution < -0.4 is 4.74 Å². The molecule has 2 aromatic rings. The van der Waals surface area contributed by atoms with Crippen molar-refractivity contribution in [1.29, 1.82) is 0 Å². The standard InChI is InChI=1S/C16H13F3O2/c1-11-6-2-3-7-12(11)10-14(20)13-8-4-5-9-15(13)21-16(17,18)19/h2-9H,10H2,1H3. The van der Waals surface area contributed by atoms with Gasteiger partial charge in [-0.15, -0.1) is 13.2 Å². The number of hydrogen-bond donors (Lipinski definition) is 0. The summed E-state index contributed by atoms with van der Waals surface area (Å²) in [4.78, 5) is 12.2. The molecule has 0 amide bonds. The van der Waals surface area contributed by atoms with E-state index in [1.807, 2.05) is 19.1 Å². The van der Waals surface area contributed by atoms with Gasteiger partial charge in [0.05, 0.1) is 5.56 Å². The molecule has 110 valence electrons. The third kappa shape index (κ3) is 4.08. The number of halogens is 3. The second kappa shape index (κ2) is 5.99. The Morgan fingerprint density at radius 2 is 1.67 bits per heavy atom. The highest BCUT2D eigenvalue weighted by Crippen LogP contribution is 2.27. The van der Waals surface area contributed by atoms with Crippen molar-refractivity contribution in [1.82, 2.24) is 0 Å². The van der Waals surface area contributed by atoms with Gasteiger partial charge in [-0.25, -0.2) is 0 Å². The van der Waals surface area contributed by atoms with Gasteiger partial charge in [0.2, 0.25) is 0 Å². The molecule has 0 radical (unpaired) electrons. The predicted molar refractivity (Wildman–Crippen MR) is 72.3 cm³/mol. The lowest BCUT2D eigenvalue weighted by Gasteiger charge is -2.12. The number of carbonyl (C=O) groups excluding carboxylic acids is 1. The van der Waals surface area contributed by atoms with Crippen LogP contribution in [0, 0.1) is 6.92 Å². The number of benzene rings is 2. The molecule has 2 aromatic carbocycles. The summed E-state index contributed by atoms with van der Waals surface area (Å²) in [6, 6.07) is 12.6. The molecular formula is C16H13F3O2. The molecule has 2 rings (SSSR count). The molecular weight excluding hydrogens is 281 g/mol. The van der Waals surface area contributed by atoms with Crippen LogP contribution in [0.15, 0.2) is 48.5 Å². The van der Waals surface area contributed by atoms with Crippen molar-refractivity contribution >= 4 is 5.78 Å². The average molecular weight is 294 g/mol. The smallest absolute Gasteiger partial charge is 0.405 e. The summed E-state index contributed by atoms with van der Waals surface area (Å²) >= 11 is 0. The summed E-state index contributed by atoms with van der Waals surface area (Å²) in [5.74, 6) is -0.882. The molecule has 0 saturated carbocycles. The van der Waals surface area contributed by atoms with Crippen LogP contribution in [0.4, 0.5) is 13.2 Å². The zero-order valence-corrected chi connectivity index (χ0v) is 11.3. The first-order valence-electron chi connectivity index (χ1n) is 6.29. The highest BCUT2D eigenvalue weighted by molar-refractivity contribution is 6.00. The monoisotopic (exact) mass is 294 g/mol. The van der Waals surface area contributed by atoms with Gasteiger partial charge in [0, 0.05) is 6.42 Å². The van der Waals surface area contributed by atoms with Gasteiger partial charge in [-0.05, 0) is 30.2 Å². The largest absolute Gasteiger partial charge is 0.573 e. The molecule has 0 aliphatic heterocycles. The van der Waals surface area contributed by atoms with E-state index in [0.717, 1.165) is 17.2 Å². The highest BCUT2D eigenvalue weighted by atomic mass is 19.4. The minimum absolute atomic E-state index is 0.0326. The maximum absolute atomic E-state index is 12.3. The number of hydrogen-bond acceptors (Lipinski definition) is 2. The molecule has 0 aliphatic carbocycles. The number of Topliss-reactive ketones (excluding diaryl/α,β-unsaturated/α-hetero) is 1. The Morgan fingerprint density at radius 3 is 2.33 bits per heavy atom. The van der Waals surface area contributed by atoms with E-state index in [2.05, 4.69) is 4.74 Å². The van der Waals surface area contributed by atoms with Crippen molar-refractivity contribution in [3.8, 4) is 5.75 Å². The Hall–Kier alpha value is -2.30. The van der Waals surface area contributed by atoms with Gasteiger partial charge in [0.1, 0.15) is 5.75 Å². The van der Waals surface area contributed by atoms with Crippen LogP contribution >= 0.6 is 0 Å². The highest BCUT2D eigenvalue weighted by Gasteiger charge is 2.32. The number of ether oxygens (including phenoxy) is 1. The molecule has 0 bridgehead atoms. The lowest BCUT2D eigenvalue weighted by molar-refractivity contribution is -0.274. The zero-order valence-electron chi connectivity index (χ0n) is 11.3. The lowest BCUT2D eigenvalue weighted by Crippen LogP contribution is -2.19. The van der Waals surface area contributed by atoms with Crippen LogP contribution in [0.1, 0.15) is 21.5 Å². The number of rotatable bonds is 4. The van der Waals surface area contributed by atoms with E-state index in [1.54, 1.807) is 12.1 Å². The Bertz CT molecular complexity index is 648. The Balaban J connectivity index is 2.26. The topological polar surface area (TPSA) is 26.3 Å². The molecule has 0 spiro atoms. The number of aryl methyl sites for hydroxylation is 1. The van der Waals surface area contributed by atoms with Gasteiger partial charge < -0.3 is 4.74 Å². The first-order chi connectivity index (χ1) is 9.87. The van der Waals surface area contributed by atoms with Gasteiger partial charge in [-0.2, -0.15) is 0 Å². The summed E-state index contributed by atoms with van der Waals surface area (Å²) in [5.41, 5.74) is 1.63. The third-order valence-electron chi connectivity index (χ3n) is 3.03. The number of carbonyl (C=O) groups is 1. The summed E-state index contributed by atoms with van der Waals surface area (Å²) in [6.45, 7) is 1.85. The van der Waals surface area contributed by atoms with Crippen LogP contribution in [0.25, 0.3) is 0 Å². The van der Waals surface area contributed by atoms with Crippen LogP contribution in [0.3, 0.4) is 0 Å². The molecule has 0 aromatic heterocycles. The van der Waals surface area contributed by atoms with Gasteiger partial charge in [-0.3, -0.25) is 4.79 Å². The molecule has 0 N–H and O–H groups in total. The maximum atomic E-state index is 12.3. The quantitative estimate of drug-likeness (QED) is 0.785. The number of alkyl halides is 3. The van der Waals surface area contributed by atoms with E-state index in [9.17, 15) is 18.0 Å². The first-order valence-corrected chi connectivity index (χ1v) is 6.29. The minimum Gasteiger partial charge on any atom is -0.405 e. The van der Waals surface area contributed by atoms with Crippen molar-refractivity contribution in [3.05, 3.63) is 65.2 Å². The molecule has 0 saturated heterocycles. The van der Waals surface area contributed by atoms with Crippen LogP contribution in [0.2, 0.25) is 0 Å². The fourth-order valence-electron chi connectivity index (χ4n) is 1.99. The van der Waals surface area contributed by atoms with E-state index in [0.29, 0.717) is 0 Å². The number of para-hydroxylation sites is 1. The lowest BCUT2D eigenvalue weighted by atomic mass is 9.99. The van der Waals surface area contributed by atoms with Crippen molar-refractivity contribution in [3.63, 3.8) is 0 Å². The molecule has 5 heteroatoms. The molecule has 0 heterocycles. The van der Waals surface area contributed by atoms with Crippen LogP contribution in [-0.2, 0) is 6.42 Å². The van der Waals surface area contributed by atoms with Gasteiger partial charge >= 0.3 is 6.36 Å². The van der Waals surface area contributed by atoms with Crippen molar-refractivity contribution < 1.29 is 22.7 Å². The Kier molecular flexibility index (Phi) is 4.31. The molecule has 2 nitrogen and oxygen atoms in total. The van der Waals surface area contributed by atoms with Gasteiger partial charge in [-0.1, -0.05) is 36.4 Å². The second-order valence-electron chi connectivity index (χ2n) is 4.57. The molecule has 0 fully saturated rings. The fraction of sp³-hybridized carbons (Fsp3) is 0.188.